The molecule has 3 N–H and O–H groups in total. The smallest absolute Gasteiger partial charge is 0.271 e. The van der Waals surface area contributed by atoms with Gasteiger partial charge in [0.1, 0.15) is 5.75 Å². The first-order valence-corrected chi connectivity index (χ1v) is 6.02. The maximum Gasteiger partial charge on any atom is 0.271 e. The largest absolute Gasteiger partial charge is 0.497 e. The van der Waals surface area contributed by atoms with Gasteiger partial charge in [-0.15, -0.1) is 0 Å². The summed E-state index contributed by atoms with van der Waals surface area (Å²) in [5.74, 6) is 0.424. The lowest BCUT2D eigenvalue weighted by molar-refractivity contribution is 0.0955. The van der Waals surface area contributed by atoms with Crippen LogP contribution in [0.1, 0.15) is 15.9 Å². The van der Waals surface area contributed by atoms with Gasteiger partial charge in [0.25, 0.3) is 5.91 Å². The van der Waals surface area contributed by atoms with Crippen LogP contribution in [0.5, 0.6) is 5.75 Å². The molecule has 0 aliphatic rings. The normalized spacial score (nSPS) is 10.4. The Labute approximate surface area is 117 Å². The minimum Gasteiger partial charge on any atom is -0.497 e. The van der Waals surface area contributed by atoms with Crippen molar-refractivity contribution in [3.8, 4) is 5.75 Å². The van der Waals surface area contributed by atoms with Crippen LogP contribution in [0.3, 0.4) is 0 Å². The third-order valence-corrected chi connectivity index (χ3v) is 2.62. The standard InChI is InChI=1S/C15H15N3O2/c1-20-14-7-2-4-11(8-14)10-17-18-15(19)12-5-3-6-13(16)9-12/h2-10H,16H2,1H3,(H,18,19)/b17-10-. The summed E-state index contributed by atoms with van der Waals surface area (Å²) in [5.41, 5.74) is 9.89. The predicted molar refractivity (Wildman–Crippen MR) is 78.9 cm³/mol. The van der Waals surface area contributed by atoms with Gasteiger partial charge in [-0.25, -0.2) is 5.43 Å². The number of nitrogen functional groups attached to an aromatic ring is 1. The van der Waals surface area contributed by atoms with E-state index in [4.69, 9.17) is 10.5 Å². The number of hydrogen-bond donors (Lipinski definition) is 2. The molecule has 1 amide bonds. The molecule has 0 aromatic heterocycles. The first-order chi connectivity index (χ1) is 9.69. The Morgan fingerprint density at radius 1 is 1.25 bits per heavy atom. The van der Waals surface area contributed by atoms with Gasteiger partial charge in [0.2, 0.25) is 0 Å². The molecule has 5 heteroatoms. The summed E-state index contributed by atoms with van der Waals surface area (Å²) in [5, 5.41) is 3.90. The van der Waals surface area contributed by atoms with Gasteiger partial charge >= 0.3 is 0 Å². The van der Waals surface area contributed by atoms with Gasteiger partial charge in [-0.3, -0.25) is 4.79 Å². The molecule has 20 heavy (non-hydrogen) atoms. The van der Waals surface area contributed by atoms with Crippen molar-refractivity contribution in [3.63, 3.8) is 0 Å². The van der Waals surface area contributed by atoms with Crippen molar-refractivity contribution in [1.82, 2.24) is 5.43 Å². The molecule has 0 aliphatic heterocycles. The number of anilines is 1. The Hall–Kier alpha value is -2.82. The molecule has 0 fully saturated rings. The van der Waals surface area contributed by atoms with E-state index in [9.17, 15) is 4.79 Å². The number of hydrazone groups is 1. The number of ether oxygens (including phenoxy) is 1. The summed E-state index contributed by atoms with van der Waals surface area (Å²) < 4.78 is 5.10. The summed E-state index contributed by atoms with van der Waals surface area (Å²) >= 11 is 0. The number of carbonyl (C=O) groups is 1. The van der Waals surface area contributed by atoms with Gasteiger partial charge in [0.05, 0.1) is 13.3 Å². The summed E-state index contributed by atoms with van der Waals surface area (Å²) in [6, 6.07) is 14.1. The number of amides is 1. The van der Waals surface area contributed by atoms with E-state index in [2.05, 4.69) is 10.5 Å². The SMILES string of the molecule is COc1cccc(/C=N\NC(=O)c2cccc(N)c2)c1. The van der Waals surface area contributed by atoms with Gasteiger partial charge in [0.15, 0.2) is 0 Å². The summed E-state index contributed by atoms with van der Waals surface area (Å²) in [7, 11) is 1.60. The second-order valence-corrected chi connectivity index (χ2v) is 4.10. The highest BCUT2D eigenvalue weighted by Crippen LogP contribution is 2.10. The monoisotopic (exact) mass is 269 g/mol. The Morgan fingerprint density at radius 3 is 2.80 bits per heavy atom. The van der Waals surface area contributed by atoms with Crippen molar-refractivity contribution in [2.75, 3.05) is 12.8 Å². The molecule has 0 atom stereocenters. The van der Waals surface area contributed by atoms with E-state index >= 15 is 0 Å². The third-order valence-electron chi connectivity index (χ3n) is 2.62. The fourth-order valence-corrected chi connectivity index (χ4v) is 1.63. The average molecular weight is 269 g/mol. The fraction of sp³-hybridized carbons (Fsp3) is 0.0667. The Balaban J connectivity index is 2.00. The van der Waals surface area contributed by atoms with Crippen LogP contribution in [0.2, 0.25) is 0 Å². The highest BCUT2D eigenvalue weighted by Gasteiger charge is 2.03. The zero-order valence-corrected chi connectivity index (χ0v) is 11.0. The van der Waals surface area contributed by atoms with Gasteiger partial charge in [-0.1, -0.05) is 18.2 Å². The molecule has 2 aromatic rings. The quantitative estimate of drug-likeness (QED) is 0.506. The molecule has 0 spiro atoms. The van der Waals surface area contributed by atoms with E-state index in [-0.39, 0.29) is 5.91 Å². The molecular formula is C15H15N3O2. The lowest BCUT2D eigenvalue weighted by Gasteiger charge is -2.01. The molecule has 102 valence electrons. The number of nitrogens with two attached hydrogens (primary N) is 1. The summed E-state index contributed by atoms with van der Waals surface area (Å²) in [6.45, 7) is 0. The number of nitrogens with one attached hydrogen (secondary N) is 1. The molecular weight excluding hydrogens is 254 g/mol. The molecule has 0 aliphatic carbocycles. The molecule has 0 radical (unpaired) electrons. The van der Waals surface area contributed by atoms with Crippen LogP contribution in [0.25, 0.3) is 0 Å². The van der Waals surface area contributed by atoms with E-state index in [1.165, 1.54) is 0 Å². The van der Waals surface area contributed by atoms with Crippen molar-refractivity contribution in [2.45, 2.75) is 0 Å². The van der Waals surface area contributed by atoms with Gasteiger partial charge < -0.3 is 10.5 Å². The topological polar surface area (TPSA) is 76.7 Å². The van der Waals surface area contributed by atoms with Crippen molar-refractivity contribution >= 4 is 17.8 Å². The van der Waals surface area contributed by atoms with Crippen molar-refractivity contribution in [3.05, 3.63) is 59.7 Å². The second-order valence-electron chi connectivity index (χ2n) is 4.10. The zero-order valence-electron chi connectivity index (χ0n) is 11.0. The Morgan fingerprint density at radius 2 is 2.05 bits per heavy atom. The van der Waals surface area contributed by atoms with Crippen LogP contribution in [0.4, 0.5) is 5.69 Å². The lowest BCUT2D eigenvalue weighted by Crippen LogP contribution is -2.17. The highest BCUT2D eigenvalue weighted by molar-refractivity contribution is 5.95. The fourth-order valence-electron chi connectivity index (χ4n) is 1.63. The van der Waals surface area contributed by atoms with E-state index in [0.717, 1.165) is 11.3 Å². The van der Waals surface area contributed by atoms with E-state index in [1.807, 2.05) is 24.3 Å². The van der Waals surface area contributed by atoms with Crippen LogP contribution in [-0.2, 0) is 0 Å². The number of hydrogen-bond acceptors (Lipinski definition) is 4. The number of methoxy groups -OCH3 is 1. The average Bonchev–Trinajstić information content (AvgIpc) is 2.47. The molecule has 2 rings (SSSR count). The molecule has 0 saturated heterocycles. The Bertz CT molecular complexity index is 639. The zero-order chi connectivity index (χ0) is 14.4. The minimum absolute atomic E-state index is 0.309. The maximum atomic E-state index is 11.8. The molecule has 2 aromatic carbocycles. The Kier molecular flexibility index (Phi) is 4.34. The van der Waals surface area contributed by atoms with Crippen LogP contribution < -0.4 is 15.9 Å². The summed E-state index contributed by atoms with van der Waals surface area (Å²) in [4.78, 5) is 11.8. The first kappa shape index (κ1) is 13.6. The van der Waals surface area contributed by atoms with Gasteiger partial charge in [0, 0.05) is 11.3 Å². The van der Waals surface area contributed by atoms with Crippen molar-refractivity contribution in [1.29, 1.82) is 0 Å². The van der Waals surface area contributed by atoms with E-state index < -0.39 is 0 Å². The van der Waals surface area contributed by atoms with E-state index in [1.54, 1.807) is 37.6 Å². The third kappa shape index (κ3) is 3.58. The van der Waals surface area contributed by atoms with Crippen LogP contribution in [0, 0.1) is 0 Å². The maximum absolute atomic E-state index is 11.8. The number of carbonyl (C=O) groups excluding carboxylic acids is 1. The summed E-state index contributed by atoms with van der Waals surface area (Å²) in [6.07, 6.45) is 1.55. The minimum atomic E-state index is -0.309. The number of nitrogens with zero attached hydrogens (tertiary/aromatic N) is 1. The molecule has 0 saturated carbocycles. The van der Waals surface area contributed by atoms with E-state index in [0.29, 0.717) is 11.3 Å². The number of rotatable bonds is 4. The van der Waals surface area contributed by atoms with Crippen molar-refractivity contribution < 1.29 is 9.53 Å². The molecule has 0 unspecified atom stereocenters. The van der Waals surface area contributed by atoms with Crippen LogP contribution >= 0.6 is 0 Å². The molecule has 0 bridgehead atoms. The predicted octanol–water partition coefficient (Wildman–Crippen LogP) is 2.04. The van der Waals surface area contributed by atoms with Crippen molar-refractivity contribution in [2.24, 2.45) is 5.10 Å². The molecule has 0 heterocycles. The highest BCUT2D eigenvalue weighted by atomic mass is 16.5. The second kappa shape index (κ2) is 6.38. The van der Waals surface area contributed by atoms with Gasteiger partial charge in [-0.05, 0) is 35.9 Å². The van der Waals surface area contributed by atoms with Gasteiger partial charge in [-0.2, -0.15) is 5.10 Å². The van der Waals surface area contributed by atoms with Crippen LogP contribution in [0.15, 0.2) is 53.6 Å². The number of benzene rings is 2. The first-order valence-electron chi connectivity index (χ1n) is 6.02. The molecule has 5 nitrogen and oxygen atoms in total. The van der Waals surface area contributed by atoms with Crippen LogP contribution in [-0.4, -0.2) is 19.2 Å². The lowest BCUT2D eigenvalue weighted by atomic mass is 10.2.